The molecule has 0 spiro atoms. The summed E-state index contributed by atoms with van der Waals surface area (Å²) in [6, 6.07) is 25.2. The van der Waals surface area contributed by atoms with Crippen molar-refractivity contribution in [1.82, 2.24) is 4.98 Å². The van der Waals surface area contributed by atoms with E-state index in [2.05, 4.69) is 10.3 Å². The minimum Gasteiger partial charge on any atom is -0.467 e. The number of hydrogen-bond acceptors (Lipinski definition) is 4. The Morgan fingerprint density at radius 2 is 1.69 bits per heavy atom. The van der Waals surface area contributed by atoms with Crippen LogP contribution in [0.3, 0.4) is 0 Å². The molecule has 0 saturated heterocycles. The second-order valence-electron chi connectivity index (χ2n) is 6.61. The van der Waals surface area contributed by atoms with Crippen molar-refractivity contribution in [3.63, 3.8) is 0 Å². The third-order valence-corrected chi connectivity index (χ3v) is 4.53. The summed E-state index contributed by atoms with van der Waals surface area (Å²) in [6.45, 7) is 1.01. The van der Waals surface area contributed by atoms with Crippen molar-refractivity contribution in [3.05, 3.63) is 114 Å². The molecule has 0 atom stereocenters. The van der Waals surface area contributed by atoms with Gasteiger partial charge in [0.1, 0.15) is 5.76 Å². The van der Waals surface area contributed by atoms with Crippen molar-refractivity contribution in [3.8, 4) is 0 Å². The topological polar surface area (TPSA) is 58.4 Å². The van der Waals surface area contributed by atoms with Gasteiger partial charge in [-0.15, -0.1) is 0 Å². The van der Waals surface area contributed by atoms with E-state index in [0.717, 1.165) is 22.7 Å². The molecule has 144 valence electrons. The van der Waals surface area contributed by atoms with Gasteiger partial charge in [0.15, 0.2) is 0 Å². The molecule has 0 aliphatic heterocycles. The van der Waals surface area contributed by atoms with Crippen LogP contribution in [0.15, 0.2) is 102 Å². The molecular weight excluding hydrogens is 362 g/mol. The Bertz CT molecular complexity index is 1050. The van der Waals surface area contributed by atoms with Crippen molar-refractivity contribution in [2.75, 3.05) is 10.2 Å². The van der Waals surface area contributed by atoms with Crippen molar-refractivity contribution >= 4 is 17.3 Å². The number of carbonyl (C=O) groups is 1. The van der Waals surface area contributed by atoms with E-state index in [1.807, 2.05) is 78.9 Å². The maximum absolute atomic E-state index is 13.4. The molecule has 0 unspecified atom stereocenters. The summed E-state index contributed by atoms with van der Waals surface area (Å²) in [5.41, 5.74) is 3.19. The Labute approximate surface area is 169 Å². The lowest BCUT2D eigenvalue weighted by Crippen LogP contribution is -2.30. The second kappa shape index (κ2) is 8.89. The Kier molecular flexibility index (Phi) is 5.67. The van der Waals surface area contributed by atoms with Crippen LogP contribution in [0.2, 0.25) is 0 Å². The molecule has 0 saturated carbocycles. The third kappa shape index (κ3) is 4.71. The summed E-state index contributed by atoms with van der Waals surface area (Å²) >= 11 is 0. The zero-order valence-corrected chi connectivity index (χ0v) is 15.9. The zero-order chi connectivity index (χ0) is 19.9. The Hall–Kier alpha value is -3.86. The highest BCUT2D eigenvalue weighted by atomic mass is 16.3. The van der Waals surface area contributed by atoms with Crippen LogP contribution in [-0.4, -0.2) is 10.9 Å². The van der Waals surface area contributed by atoms with Gasteiger partial charge in [-0.3, -0.25) is 9.78 Å². The molecule has 0 aliphatic carbocycles. The molecule has 2 heterocycles. The lowest BCUT2D eigenvalue weighted by Gasteiger charge is -2.23. The fourth-order valence-electron chi connectivity index (χ4n) is 3.07. The van der Waals surface area contributed by atoms with E-state index < -0.39 is 0 Å². The lowest BCUT2D eigenvalue weighted by molar-refractivity contribution is 0.0985. The standard InChI is InChI=1S/C24H21N3O2/c28-24(20-14-21(16-25-15-20)26-17-23-12-7-13-29-23)27(22-10-5-2-6-11-22)18-19-8-3-1-4-9-19/h1-16,26H,17-18H2. The van der Waals surface area contributed by atoms with Crippen molar-refractivity contribution in [2.24, 2.45) is 0 Å². The third-order valence-electron chi connectivity index (χ3n) is 4.53. The van der Waals surface area contributed by atoms with Gasteiger partial charge >= 0.3 is 0 Å². The number of amides is 1. The van der Waals surface area contributed by atoms with Gasteiger partial charge in [-0.2, -0.15) is 0 Å². The van der Waals surface area contributed by atoms with Gasteiger partial charge in [0.05, 0.1) is 30.6 Å². The summed E-state index contributed by atoms with van der Waals surface area (Å²) in [6.07, 6.45) is 4.93. The van der Waals surface area contributed by atoms with E-state index >= 15 is 0 Å². The highest BCUT2D eigenvalue weighted by molar-refractivity contribution is 6.06. The predicted octanol–water partition coefficient (Wildman–Crippen LogP) is 5.13. The summed E-state index contributed by atoms with van der Waals surface area (Å²) in [5.74, 6) is 0.714. The molecule has 2 aromatic carbocycles. The number of para-hydroxylation sites is 1. The SMILES string of the molecule is O=C(c1cncc(NCc2ccco2)c1)N(Cc1ccccc1)c1ccccc1. The molecule has 29 heavy (non-hydrogen) atoms. The molecule has 4 rings (SSSR count). The first-order valence-electron chi connectivity index (χ1n) is 9.42. The minimum absolute atomic E-state index is 0.103. The monoisotopic (exact) mass is 383 g/mol. The number of aromatic nitrogens is 1. The maximum atomic E-state index is 13.4. The van der Waals surface area contributed by atoms with Crippen LogP contribution in [0, 0.1) is 0 Å². The van der Waals surface area contributed by atoms with E-state index in [-0.39, 0.29) is 5.91 Å². The summed E-state index contributed by atoms with van der Waals surface area (Å²) < 4.78 is 5.34. The van der Waals surface area contributed by atoms with Gasteiger partial charge in [-0.1, -0.05) is 48.5 Å². The molecule has 0 fully saturated rings. The first-order valence-corrected chi connectivity index (χ1v) is 9.42. The Balaban J connectivity index is 1.57. The average molecular weight is 383 g/mol. The quantitative estimate of drug-likeness (QED) is 0.480. The van der Waals surface area contributed by atoms with Crippen molar-refractivity contribution < 1.29 is 9.21 Å². The number of hydrogen-bond donors (Lipinski definition) is 1. The van der Waals surface area contributed by atoms with Crippen LogP contribution < -0.4 is 10.2 Å². The smallest absolute Gasteiger partial charge is 0.260 e. The van der Waals surface area contributed by atoms with Crippen molar-refractivity contribution in [2.45, 2.75) is 13.1 Å². The van der Waals surface area contributed by atoms with Crippen LogP contribution >= 0.6 is 0 Å². The number of rotatable bonds is 7. The zero-order valence-electron chi connectivity index (χ0n) is 15.9. The normalized spacial score (nSPS) is 10.5. The molecule has 5 heteroatoms. The number of nitrogens with zero attached hydrogens (tertiary/aromatic N) is 2. The Morgan fingerprint density at radius 3 is 2.41 bits per heavy atom. The molecular formula is C24H21N3O2. The van der Waals surface area contributed by atoms with Crippen LogP contribution in [0.25, 0.3) is 0 Å². The molecule has 4 aromatic rings. The second-order valence-corrected chi connectivity index (χ2v) is 6.61. The number of pyridine rings is 1. The molecule has 0 bridgehead atoms. The highest BCUT2D eigenvalue weighted by Crippen LogP contribution is 2.21. The van der Waals surface area contributed by atoms with Gasteiger partial charge in [0.25, 0.3) is 5.91 Å². The van der Waals surface area contributed by atoms with Crippen LogP contribution in [0.4, 0.5) is 11.4 Å². The first-order chi connectivity index (χ1) is 14.3. The van der Waals surface area contributed by atoms with Crippen molar-refractivity contribution in [1.29, 1.82) is 0 Å². The lowest BCUT2D eigenvalue weighted by atomic mass is 10.1. The average Bonchev–Trinajstić information content (AvgIpc) is 3.31. The summed E-state index contributed by atoms with van der Waals surface area (Å²) in [5, 5.41) is 3.24. The molecule has 2 aromatic heterocycles. The molecule has 5 nitrogen and oxygen atoms in total. The van der Waals surface area contributed by atoms with Gasteiger partial charge in [-0.05, 0) is 35.9 Å². The predicted molar refractivity (Wildman–Crippen MR) is 114 cm³/mol. The van der Waals surface area contributed by atoms with Gasteiger partial charge in [-0.25, -0.2) is 0 Å². The molecule has 1 N–H and O–H groups in total. The van der Waals surface area contributed by atoms with Gasteiger partial charge in [0, 0.05) is 18.1 Å². The number of carbonyl (C=O) groups excluding carboxylic acids is 1. The van der Waals surface area contributed by atoms with Gasteiger partial charge < -0.3 is 14.6 Å². The fourth-order valence-corrected chi connectivity index (χ4v) is 3.07. The molecule has 0 radical (unpaired) electrons. The Morgan fingerprint density at radius 1 is 0.931 bits per heavy atom. The largest absolute Gasteiger partial charge is 0.467 e. The fraction of sp³-hybridized carbons (Fsp3) is 0.0833. The number of furan rings is 1. The van der Waals surface area contributed by atoms with E-state index in [9.17, 15) is 4.79 Å². The first kappa shape index (κ1) is 18.5. The highest BCUT2D eigenvalue weighted by Gasteiger charge is 2.19. The van der Waals surface area contributed by atoms with Gasteiger partial charge in [0.2, 0.25) is 0 Å². The summed E-state index contributed by atoms with van der Waals surface area (Å²) in [4.78, 5) is 19.4. The number of anilines is 2. The van der Waals surface area contributed by atoms with E-state index in [0.29, 0.717) is 18.7 Å². The number of benzene rings is 2. The van der Waals surface area contributed by atoms with Crippen LogP contribution in [0.1, 0.15) is 21.7 Å². The van der Waals surface area contributed by atoms with Crippen LogP contribution in [-0.2, 0) is 13.1 Å². The van der Waals surface area contributed by atoms with E-state index in [1.165, 1.54) is 0 Å². The maximum Gasteiger partial charge on any atom is 0.260 e. The molecule has 0 aliphatic rings. The van der Waals surface area contributed by atoms with E-state index in [1.54, 1.807) is 23.6 Å². The molecule has 1 amide bonds. The van der Waals surface area contributed by atoms with E-state index in [4.69, 9.17) is 4.42 Å². The minimum atomic E-state index is -0.103. The van der Waals surface area contributed by atoms with Crippen LogP contribution in [0.5, 0.6) is 0 Å². The number of nitrogens with one attached hydrogen (secondary N) is 1. The summed E-state index contributed by atoms with van der Waals surface area (Å²) in [7, 11) is 0.